The number of aromatic hydroxyl groups is 1. The van der Waals surface area contributed by atoms with E-state index in [0.29, 0.717) is 15.6 Å². The molecule has 0 spiro atoms. The van der Waals surface area contributed by atoms with Gasteiger partial charge in [-0.3, -0.25) is 15.0 Å². The summed E-state index contributed by atoms with van der Waals surface area (Å²) in [4.78, 5) is 5.21. The molecule has 0 unspecified atom stereocenters. The third kappa shape index (κ3) is 2.71. The maximum atomic E-state index is 10.7. The highest BCUT2D eigenvalue weighted by Crippen LogP contribution is 2.35. The van der Waals surface area contributed by atoms with Crippen LogP contribution in [-0.4, -0.2) is 15.9 Å². The van der Waals surface area contributed by atoms with Gasteiger partial charge in [-0.2, -0.15) is 0 Å². The van der Waals surface area contributed by atoms with Gasteiger partial charge in [0.2, 0.25) is 5.88 Å². The van der Waals surface area contributed by atoms with E-state index in [9.17, 15) is 5.11 Å². The first-order valence-corrected chi connectivity index (χ1v) is 8.85. The minimum Gasteiger partial charge on any atom is -0.493 e. The summed E-state index contributed by atoms with van der Waals surface area (Å²) in [7, 11) is 0. The van der Waals surface area contributed by atoms with Crippen molar-refractivity contribution < 1.29 is 5.11 Å². The number of fused-ring (bicyclic) bond motifs is 1. The van der Waals surface area contributed by atoms with Crippen molar-refractivity contribution in [1.82, 2.24) is 4.57 Å². The van der Waals surface area contributed by atoms with E-state index in [1.165, 1.54) is 15.9 Å². The molecule has 0 fully saturated rings. The van der Waals surface area contributed by atoms with E-state index >= 15 is 0 Å². The molecule has 1 aromatic heterocycles. The molecule has 1 aliphatic rings. The van der Waals surface area contributed by atoms with E-state index in [1.54, 1.807) is 12.3 Å². The molecule has 2 aromatic carbocycles. The molecule has 124 valence electrons. The zero-order chi connectivity index (χ0) is 17.6. The highest BCUT2D eigenvalue weighted by molar-refractivity contribution is 7.10. The lowest BCUT2D eigenvalue weighted by Crippen LogP contribution is -2.10. The van der Waals surface area contributed by atoms with Crippen LogP contribution in [-0.2, 0) is 0 Å². The molecular formula is C19H14ClN3OS. The Morgan fingerprint density at radius 3 is 2.84 bits per heavy atom. The lowest BCUT2D eigenvalue weighted by molar-refractivity contribution is 0.438. The largest absolute Gasteiger partial charge is 0.493 e. The van der Waals surface area contributed by atoms with Crippen LogP contribution in [0.25, 0.3) is 17.3 Å². The van der Waals surface area contributed by atoms with Crippen molar-refractivity contribution in [1.29, 1.82) is 5.41 Å². The molecule has 0 atom stereocenters. The Balaban J connectivity index is 1.82. The average Bonchev–Trinajstić information content (AvgIpc) is 3.12. The van der Waals surface area contributed by atoms with Crippen LogP contribution in [0.3, 0.4) is 0 Å². The summed E-state index contributed by atoms with van der Waals surface area (Å²) in [6.45, 7) is 1.92. The normalized spacial score (nSPS) is 14.2. The molecule has 0 amide bonds. The third-order valence-electron chi connectivity index (χ3n) is 4.10. The van der Waals surface area contributed by atoms with Crippen molar-refractivity contribution in [2.75, 3.05) is 0 Å². The highest BCUT2D eigenvalue weighted by atomic mass is 35.5. The van der Waals surface area contributed by atoms with E-state index in [0.717, 1.165) is 22.4 Å². The molecule has 2 heterocycles. The minimum absolute atomic E-state index is 0.0280. The molecule has 1 aliphatic heterocycles. The van der Waals surface area contributed by atoms with Crippen LogP contribution in [0.1, 0.15) is 16.0 Å². The first-order chi connectivity index (χ1) is 12.0. The Labute approximate surface area is 153 Å². The SMILES string of the molecule is Cc1ccc(-n2c(O)c(C=C3C=Nc4ccccc43)sc2=N)cc1Cl. The number of aromatic nitrogens is 1. The van der Waals surface area contributed by atoms with E-state index in [4.69, 9.17) is 17.0 Å². The smallest absolute Gasteiger partial charge is 0.215 e. The number of aryl methyl sites for hydroxylation is 1. The van der Waals surface area contributed by atoms with Crippen LogP contribution in [0.5, 0.6) is 5.88 Å². The summed E-state index contributed by atoms with van der Waals surface area (Å²) in [5.41, 5.74) is 4.47. The van der Waals surface area contributed by atoms with Gasteiger partial charge in [0.1, 0.15) is 0 Å². The average molecular weight is 368 g/mol. The molecule has 25 heavy (non-hydrogen) atoms. The van der Waals surface area contributed by atoms with E-state index < -0.39 is 0 Å². The maximum Gasteiger partial charge on any atom is 0.215 e. The number of nitrogens with zero attached hydrogens (tertiary/aromatic N) is 2. The van der Waals surface area contributed by atoms with Crippen LogP contribution in [0.15, 0.2) is 47.5 Å². The number of rotatable bonds is 2. The summed E-state index contributed by atoms with van der Waals surface area (Å²) >= 11 is 7.39. The van der Waals surface area contributed by atoms with Crippen LogP contribution in [0, 0.1) is 12.3 Å². The zero-order valence-electron chi connectivity index (χ0n) is 13.3. The minimum atomic E-state index is 0.0280. The molecule has 4 rings (SSSR count). The van der Waals surface area contributed by atoms with Crippen molar-refractivity contribution in [2.24, 2.45) is 4.99 Å². The van der Waals surface area contributed by atoms with E-state index in [2.05, 4.69) is 4.99 Å². The molecule has 0 saturated carbocycles. The predicted molar refractivity (Wildman–Crippen MR) is 103 cm³/mol. The van der Waals surface area contributed by atoms with Crippen molar-refractivity contribution in [3.63, 3.8) is 0 Å². The fourth-order valence-corrected chi connectivity index (χ4v) is 3.79. The van der Waals surface area contributed by atoms with Crippen LogP contribution >= 0.6 is 22.9 Å². The van der Waals surface area contributed by atoms with Crippen molar-refractivity contribution >= 4 is 46.5 Å². The molecule has 6 heteroatoms. The number of aliphatic imine (C=N–C) groups is 1. The molecular weight excluding hydrogens is 354 g/mol. The van der Waals surface area contributed by atoms with Crippen LogP contribution < -0.4 is 4.80 Å². The number of allylic oxidation sites excluding steroid dienone is 1. The molecule has 0 radical (unpaired) electrons. The van der Waals surface area contributed by atoms with Crippen molar-refractivity contribution in [2.45, 2.75) is 6.92 Å². The monoisotopic (exact) mass is 367 g/mol. The topological polar surface area (TPSA) is 61.4 Å². The molecule has 2 N–H and O–H groups in total. The molecule has 0 aliphatic carbocycles. The third-order valence-corrected chi connectivity index (χ3v) is 5.40. The number of halogens is 1. The molecule has 0 bridgehead atoms. The van der Waals surface area contributed by atoms with Gasteiger partial charge in [0, 0.05) is 22.4 Å². The van der Waals surface area contributed by atoms with Crippen LogP contribution in [0.2, 0.25) is 5.02 Å². The Kier molecular flexibility index (Phi) is 3.82. The standard InChI is InChI=1S/C19H14ClN3OS/c1-11-6-7-13(9-15(11)20)23-18(24)17(25-19(23)21)8-12-10-22-16-5-3-2-4-14(12)16/h2-10,21,24H,1H3. The first-order valence-electron chi connectivity index (χ1n) is 7.65. The quantitative estimate of drug-likeness (QED) is 0.662. The number of nitrogens with one attached hydrogen (secondary N) is 1. The number of para-hydroxylation sites is 1. The van der Waals surface area contributed by atoms with E-state index in [-0.39, 0.29) is 10.7 Å². The van der Waals surface area contributed by atoms with Gasteiger partial charge in [-0.25, -0.2) is 0 Å². The van der Waals surface area contributed by atoms with Gasteiger partial charge in [0.15, 0.2) is 4.80 Å². The second-order valence-corrected chi connectivity index (χ2v) is 7.18. The van der Waals surface area contributed by atoms with Gasteiger partial charge in [0.05, 0.1) is 16.3 Å². The fraction of sp³-hybridized carbons (Fsp3) is 0.0526. The summed E-state index contributed by atoms with van der Waals surface area (Å²) in [6, 6.07) is 13.3. The number of hydrogen-bond donors (Lipinski definition) is 2. The Morgan fingerprint density at radius 2 is 2.04 bits per heavy atom. The maximum absolute atomic E-state index is 10.7. The second-order valence-electron chi connectivity index (χ2n) is 5.74. The molecule has 4 nitrogen and oxygen atoms in total. The lowest BCUT2D eigenvalue weighted by atomic mass is 10.1. The zero-order valence-corrected chi connectivity index (χ0v) is 14.9. The predicted octanol–water partition coefficient (Wildman–Crippen LogP) is 4.94. The molecule has 3 aromatic rings. The number of benzene rings is 2. The Morgan fingerprint density at radius 1 is 1.24 bits per heavy atom. The first kappa shape index (κ1) is 15.9. The summed E-state index contributed by atoms with van der Waals surface area (Å²) < 4.78 is 1.49. The lowest BCUT2D eigenvalue weighted by Gasteiger charge is -2.06. The van der Waals surface area contributed by atoms with Gasteiger partial charge in [-0.15, -0.1) is 0 Å². The number of hydrogen-bond acceptors (Lipinski definition) is 4. The van der Waals surface area contributed by atoms with Gasteiger partial charge in [0.25, 0.3) is 0 Å². The summed E-state index contributed by atoms with van der Waals surface area (Å²) in [6.07, 6.45) is 3.64. The highest BCUT2D eigenvalue weighted by Gasteiger charge is 2.16. The molecule has 0 saturated heterocycles. The van der Waals surface area contributed by atoms with Gasteiger partial charge >= 0.3 is 0 Å². The van der Waals surface area contributed by atoms with Crippen molar-refractivity contribution in [3.05, 3.63) is 68.3 Å². The van der Waals surface area contributed by atoms with Crippen molar-refractivity contribution in [3.8, 4) is 11.6 Å². The van der Waals surface area contributed by atoms with Crippen LogP contribution in [0.4, 0.5) is 5.69 Å². The van der Waals surface area contributed by atoms with Gasteiger partial charge < -0.3 is 5.11 Å². The Bertz CT molecular complexity index is 1110. The van der Waals surface area contributed by atoms with E-state index in [1.807, 2.05) is 49.4 Å². The summed E-state index contributed by atoms with van der Waals surface area (Å²) in [5, 5.41) is 19.5. The fourth-order valence-electron chi connectivity index (χ4n) is 2.75. The number of thiazole rings is 1. The second kappa shape index (κ2) is 6.02. The van der Waals surface area contributed by atoms with Gasteiger partial charge in [-0.1, -0.05) is 47.2 Å². The Hall–Kier alpha value is -2.63. The summed E-state index contributed by atoms with van der Waals surface area (Å²) in [5.74, 6) is 0.0280. The van der Waals surface area contributed by atoms with Gasteiger partial charge in [-0.05, 0) is 36.8 Å².